The Kier molecular flexibility index (Phi) is 6.42. The number of amides is 1. The molecule has 0 unspecified atom stereocenters. The van der Waals surface area contributed by atoms with Gasteiger partial charge in [-0.15, -0.1) is 0 Å². The van der Waals surface area contributed by atoms with Crippen LogP contribution in [-0.4, -0.2) is 17.6 Å². The molecule has 0 saturated heterocycles. The second-order valence-corrected chi connectivity index (χ2v) is 7.63. The summed E-state index contributed by atoms with van der Waals surface area (Å²) >= 11 is 6.13. The van der Waals surface area contributed by atoms with Crippen molar-refractivity contribution in [1.82, 2.24) is 5.32 Å². The van der Waals surface area contributed by atoms with Gasteiger partial charge in [-0.1, -0.05) is 29.8 Å². The summed E-state index contributed by atoms with van der Waals surface area (Å²) in [6, 6.07) is 17.3. The molecule has 0 saturated carbocycles. The summed E-state index contributed by atoms with van der Waals surface area (Å²) in [5.74, 6) is 1.31. The lowest BCUT2D eigenvalue weighted by atomic mass is 10.1. The van der Waals surface area contributed by atoms with Gasteiger partial charge < -0.3 is 20.1 Å². The number of non-ortho nitro benzene ring substituents is 1. The van der Waals surface area contributed by atoms with Gasteiger partial charge in [0.25, 0.3) is 5.69 Å². The predicted octanol–water partition coefficient (Wildman–Crippen LogP) is 4.45. The van der Waals surface area contributed by atoms with Crippen LogP contribution >= 0.6 is 11.6 Å². The first-order valence-corrected chi connectivity index (χ1v) is 10.3. The average molecular weight is 454 g/mol. The van der Waals surface area contributed by atoms with E-state index in [2.05, 4.69) is 10.6 Å². The monoisotopic (exact) mass is 453 g/mol. The minimum Gasteiger partial charge on any atom is -0.454 e. The van der Waals surface area contributed by atoms with Gasteiger partial charge >= 0.3 is 0 Å². The molecule has 32 heavy (non-hydrogen) atoms. The van der Waals surface area contributed by atoms with Crippen molar-refractivity contribution in [3.8, 4) is 11.5 Å². The number of nitrogens with one attached hydrogen (secondary N) is 2. The zero-order valence-electron chi connectivity index (χ0n) is 17.0. The fourth-order valence-corrected chi connectivity index (χ4v) is 3.43. The van der Waals surface area contributed by atoms with Gasteiger partial charge in [-0.2, -0.15) is 0 Å². The predicted molar refractivity (Wildman–Crippen MR) is 120 cm³/mol. The number of carbonyl (C=O) groups excluding carboxylic acids is 1. The van der Waals surface area contributed by atoms with Crippen LogP contribution in [0.5, 0.6) is 11.5 Å². The van der Waals surface area contributed by atoms with Crippen LogP contribution in [0.2, 0.25) is 5.02 Å². The lowest BCUT2D eigenvalue weighted by molar-refractivity contribution is -0.384. The highest BCUT2D eigenvalue weighted by atomic mass is 35.5. The number of hydrogen-bond donors (Lipinski definition) is 2. The molecule has 1 aliphatic rings. The van der Waals surface area contributed by atoms with Crippen molar-refractivity contribution in [2.24, 2.45) is 0 Å². The third kappa shape index (κ3) is 5.28. The van der Waals surface area contributed by atoms with Gasteiger partial charge in [-0.25, -0.2) is 0 Å². The Morgan fingerprint density at radius 3 is 2.50 bits per heavy atom. The Morgan fingerprint density at radius 2 is 1.72 bits per heavy atom. The minimum atomic E-state index is -0.452. The number of benzene rings is 3. The van der Waals surface area contributed by atoms with Gasteiger partial charge in [0.1, 0.15) is 0 Å². The molecule has 1 aliphatic heterocycles. The van der Waals surface area contributed by atoms with Gasteiger partial charge in [-0.05, 0) is 47.0 Å². The molecule has 9 heteroatoms. The molecule has 0 atom stereocenters. The van der Waals surface area contributed by atoms with E-state index in [0.29, 0.717) is 35.2 Å². The minimum absolute atomic E-state index is 0.00620. The van der Waals surface area contributed by atoms with Crippen molar-refractivity contribution in [1.29, 1.82) is 0 Å². The van der Waals surface area contributed by atoms with Gasteiger partial charge in [0.05, 0.1) is 11.3 Å². The largest absolute Gasteiger partial charge is 0.454 e. The van der Waals surface area contributed by atoms with Crippen LogP contribution in [0.1, 0.15) is 16.7 Å². The van der Waals surface area contributed by atoms with E-state index in [1.807, 2.05) is 42.5 Å². The number of rotatable bonds is 8. The first-order chi connectivity index (χ1) is 15.5. The Hall–Kier alpha value is -3.78. The zero-order chi connectivity index (χ0) is 22.5. The molecule has 3 aromatic carbocycles. The highest BCUT2D eigenvalue weighted by Gasteiger charge is 2.14. The summed E-state index contributed by atoms with van der Waals surface area (Å²) in [6.45, 7) is 0.962. The number of nitro groups is 1. The fourth-order valence-electron chi connectivity index (χ4n) is 3.25. The summed E-state index contributed by atoms with van der Waals surface area (Å²) in [4.78, 5) is 22.8. The summed E-state index contributed by atoms with van der Waals surface area (Å²) in [6.07, 6.45) is 0.252. The normalized spacial score (nSPS) is 11.8. The lowest BCUT2D eigenvalue weighted by Gasteiger charge is -2.10. The Morgan fingerprint density at radius 1 is 0.969 bits per heavy atom. The highest BCUT2D eigenvalue weighted by molar-refractivity contribution is 6.31. The maximum Gasteiger partial charge on any atom is 0.269 e. The molecule has 0 bridgehead atoms. The zero-order valence-corrected chi connectivity index (χ0v) is 17.7. The van der Waals surface area contributed by atoms with Gasteiger partial charge in [0, 0.05) is 35.9 Å². The van der Waals surface area contributed by atoms with Crippen molar-refractivity contribution < 1.29 is 19.2 Å². The molecular weight excluding hydrogens is 434 g/mol. The molecule has 8 nitrogen and oxygen atoms in total. The van der Waals surface area contributed by atoms with Crippen molar-refractivity contribution in [3.63, 3.8) is 0 Å². The number of nitro benzene ring substituents is 1. The third-order valence-corrected chi connectivity index (χ3v) is 5.34. The smallest absolute Gasteiger partial charge is 0.269 e. The third-order valence-electron chi connectivity index (χ3n) is 4.97. The molecule has 0 aromatic heterocycles. The van der Waals surface area contributed by atoms with E-state index in [-0.39, 0.29) is 24.8 Å². The molecule has 1 amide bonds. The molecule has 0 fully saturated rings. The molecular formula is C23H20ClN3O5. The summed E-state index contributed by atoms with van der Waals surface area (Å²) in [5, 5.41) is 17.5. The van der Waals surface area contributed by atoms with Crippen LogP contribution in [0, 0.1) is 10.1 Å². The van der Waals surface area contributed by atoms with Crippen molar-refractivity contribution >= 4 is 28.9 Å². The molecule has 1 heterocycles. The quantitative estimate of drug-likeness (QED) is 0.386. The van der Waals surface area contributed by atoms with Gasteiger partial charge in [-0.3, -0.25) is 14.9 Å². The average Bonchev–Trinajstić information content (AvgIpc) is 3.26. The molecule has 4 rings (SSSR count). The van der Waals surface area contributed by atoms with E-state index < -0.39 is 4.92 Å². The van der Waals surface area contributed by atoms with Gasteiger partial charge in [0.2, 0.25) is 12.7 Å². The summed E-state index contributed by atoms with van der Waals surface area (Å²) < 4.78 is 10.6. The number of ether oxygens (including phenoxy) is 2. The van der Waals surface area contributed by atoms with Crippen LogP contribution in [0.3, 0.4) is 0 Å². The first-order valence-electron chi connectivity index (χ1n) is 9.89. The van der Waals surface area contributed by atoms with E-state index in [9.17, 15) is 14.9 Å². The molecule has 0 aliphatic carbocycles. The molecule has 164 valence electrons. The molecule has 2 N–H and O–H groups in total. The Balaban J connectivity index is 1.27. The SMILES string of the molecule is O=C(Cc1ccc(NCc2cc([N+](=O)[O-])ccc2Cl)cc1)NCc1ccc2c(c1)OCO2. The van der Waals surface area contributed by atoms with Crippen molar-refractivity contribution in [2.45, 2.75) is 19.5 Å². The first kappa shape index (κ1) is 21.5. The number of carbonyl (C=O) groups is 1. The Bertz CT molecular complexity index is 1150. The lowest BCUT2D eigenvalue weighted by Crippen LogP contribution is -2.24. The summed E-state index contributed by atoms with van der Waals surface area (Å²) in [7, 11) is 0. The van der Waals surface area contributed by atoms with Gasteiger partial charge in [0.15, 0.2) is 11.5 Å². The number of nitrogens with zero attached hydrogens (tertiary/aromatic N) is 1. The molecule has 0 radical (unpaired) electrons. The number of hydrogen-bond acceptors (Lipinski definition) is 6. The Labute approximate surface area is 189 Å². The van der Waals surface area contributed by atoms with E-state index in [1.165, 1.54) is 18.2 Å². The van der Waals surface area contributed by atoms with E-state index in [4.69, 9.17) is 21.1 Å². The van der Waals surface area contributed by atoms with E-state index >= 15 is 0 Å². The molecule has 0 spiro atoms. The second kappa shape index (κ2) is 9.57. The van der Waals surface area contributed by atoms with Crippen LogP contribution in [-0.2, 0) is 24.3 Å². The van der Waals surface area contributed by atoms with E-state index in [1.54, 1.807) is 0 Å². The standard InChI is InChI=1S/C23H20ClN3O5/c24-20-7-6-19(27(29)30)11-17(20)13-25-18-4-1-15(2-5-18)10-23(28)26-12-16-3-8-21-22(9-16)32-14-31-21/h1-9,11,25H,10,12-14H2,(H,26,28). The van der Waals surface area contributed by atoms with Crippen LogP contribution in [0.4, 0.5) is 11.4 Å². The maximum absolute atomic E-state index is 12.3. The number of anilines is 1. The number of fused-ring (bicyclic) bond motifs is 1. The topological polar surface area (TPSA) is 103 Å². The maximum atomic E-state index is 12.3. The van der Waals surface area contributed by atoms with Crippen LogP contribution < -0.4 is 20.1 Å². The number of halogens is 1. The van der Waals surface area contributed by atoms with Crippen LogP contribution in [0.15, 0.2) is 60.7 Å². The summed E-state index contributed by atoms with van der Waals surface area (Å²) in [5.41, 5.74) is 3.24. The van der Waals surface area contributed by atoms with Crippen molar-refractivity contribution in [3.05, 3.63) is 92.5 Å². The van der Waals surface area contributed by atoms with Crippen molar-refractivity contribution in [2.75, 3.05) is 12.1 Å². The highest BCUT2D eigenvalue weighted by Crippen LogP contribution is 2.32. The fraction of sp³-hybridized carbons (Fsp3) is 0.174. The van der Waals surface area contributed by atoms with E-state index in [0.717, 1.165) is 16.8 Å². The van der Waals surface area contributed by atoms with Crippen LogP contribution in [0.25, 0.3) is 0 Å². The second-order valence-electron chi connectivity index (χ2n) is 7.22. The molecule has 3 aromatic rings.